The number of fused-ring (bicyclic) bond motifs is 1. The Hall–Kier alpha value is -3.74. The van der Waals surface area contributed by atoms with E-state index in [0.29, 0.717) is 23.9 Å². The Morgan fingerprint density at radius 3 is 2.81 bits per heavy atom. The molecule has 4 N–H and O–H groups in total. The molecular weight excluding hydrogens is 386 g/mol. The third kappa shape index (κ3) is 4.26. The van der Waals surface area contributed by atoms with Crippen LogP contribution in [-0.2, 0) is 6.42 Å². The molecule has 4 rings (SSSR count). The van der Waals surface area contributed by atoms with E-state index in [1.807, 2.05) is 45.2 Å². The topological polar surface area (TPSA) is 106 Å². The highest BCUT2D eigenvalue weighted by molar-refractivity contribution is 5.84. The second-order valence-corrected chi connectivity index (χ2v) is 8.02. The number of anilines is 1. The van der Waals surface area contributed by atoms with Crippen LogP contribution in [0.15, 0.2) is 55.1 Å². The van der Waals surface area contributed by atoms with Gasteiger partial charge in [-0.1, -0.05) is 32.0 Å². The maximum Gasteiger partial charge on any atom is 0.173 e. The van der Waals surface area contributed by atoms with Crippen LogP contribution in [-0.4, -0.2) is 31.9 Å². The smallest absolute Gasteiger partial charge is 0.173 e. The van der Waals surface area contributed by atoms with E-state index in [1.165, 1.54) is 10.9 Å². The Morgan fingerprint density at radius 1 is 1.23 bits per heavy atom. The minimum absolute atomic E-state index is 0.0148. The van der Waals surface area contributed by atoms with Crippen molar-refractivity contribution in [3.8, 4) is 11.3 Å². The molecule has 1 aromatic carbocycles. The van der Waals surface area contributed by atoms with Crippen molar-refractivity contribution in [1.29, 1.82) is 10.8 Å². The average molecular weight is 414 g/mol. The van der Waals surface area contributed by atoms with Gasteiger partial charge in [-0.3, -0.25) is 20.4 Å². The highest BCUT2D eigenvalue weighted by atomic mass is 15.1. The van der Waals surface area contributed by atoms with E-state index in [-0.39, 0.29) is 11.4 Å². The highest BCUT2D eigenvalue weighted by Gasteiger charge is 2.13. The first-order valence-corrected chi connectivity index (χ1v) is 10.4. The Morgan fingerprint density at radius 2 is 2.03 bits per heavy atom. The molecular formula is C24H27N7. The van der Waals surface area contributed by atoms with E-state index in [1.54, 1.807) is 23.2 Å². The average Bonchev–Trinajstić information content (AvgIpc) is 3.17. The number of hydrogen-bond acceptors (Lipinski definition) is 5. The summed E-state index contributed by atoms with van der Waals surface area (Å²) in [4.78, 5) is 12.3. The minimum Gasteiger partial charge on any atom is -0.367 e. The fourth-order valence-electron chi connectivity index (χ4n) is 3.58. The molecule has 0 aliphatic carbocycles. The van der Waals surface area contributed by atoms with Crippen molar-refractivity contribution in [3.63, 3.8) is 0 Å². The van der Waals surface area contributed by atoms with Crippen LogP contribution < -0.4 is 10.8 Å². The van der Waals surface area contributed by atoms with Gasteiger partial charge in [0.25, 0.3) is 0 Å². The third-order valence-electron chi connectivity index (χ3n) is 5.29. The van der Waals surface area contributed by atoms with Crippen LogP contribution >= 0.6 is 0 Å². The van der Waals surface area contributed by atoms with Gasteiger partial charge in [-0.15, -0.1) is 0 Å². The second-order valence-electron chi connectivity index (χ2n) is 8.02. The van der Waals surface area contributed by atoms with Crippen molar-refractivity contribution in [2.24, 2.45) is 5.92 Å². The van der Waals surface area contributed by atoms with Gasteiger partial charge in [0, 0.05) is 53.7 Å². The molecule has 3 aromatic heterocycles. The van der Waals surface area contributed by atoms with Crippen molar-refractivity contribution in [2.45, 2.75) is 27.2 Å². The molecule has 0 unspecified atom stereocenters. The van der Waals surface area contributed by atoms with Gasteiger partial charge in [0.2, 0.25) is 0 Å². The number of hydrogen-bond donors (Lipinski definition) is 4. The van der Waals surface area contributed by atoms with E-state index in [2.05, 4.69) is 27.4 Å². The number of aromatic amines is 1. The molecule has 0 aliphatic rings. The van der Waals surface area contributed by atoms with E-state index in [0.717, 1.165) is 23.1 Å². The van der Waals surface area contributed by atoms with Crippen LogP contribution in [0.5, 0.6) is 0 Å². The summed E-state index contributed by atoms with van der Waals surface area (Å²) < 4.78 is 1.60. The number of aromatic nitrogens is 4. The summed E-state index contributed by atoms with van der Waals surface area (Å²) in [6.07, 6.45) is 8.14. The molecule has 7 heteroatoms. The Kier molecular flexibility index (Phi) is 5.66. The molecule has 0 atom stereocenters. The van der Waals surface area contributed by atoms with Crippen molar-refractivity contribution >= 4 is 22.6 Å². The zero-order valence-electron chi connectivity index (χ0n) is 18.0. The number of rotatable bonds is 6. The van der Waals surface area contributed by atoms with Crippen LogP contribution in [0.2, 0.25) is 0 Å². The van der Waals surface area contributed by atoms with E-state index < -0.39 is 0 Å². The van der Waals surface area contributed by atoms with Gasteiger partial charge in [0.15, 0.2) is 11.3 Å². The number of para-hydroxylation sites is 1. The third-order valence-corrected chi connectivity index (χ3v) is 5.29. The first kappa shape index (κ1) is 20.5. The predicted octanol–water partition coefficient (Wildman–Crippen LogP) is 4.35. The SMILES string of the molecule is Cc1cncc(-c2cn(C(=N)C(C)C)c(=N)c(NCCc3c[nH]c4ccccc34)n2)c1. The Balaban J connectivity index is 1.65. The van der Waals surface area contributed by atoms with Gasteiger partial charge in [-0.25, -0.2) is 4.98 Å². The van der Waals surface area contributed by atoms with Gasteiger partial charge in [-0.2, -0.15) is 0 Å². The first-order chi connectivity index (χ1) is 14.9. The maximum atomic E-state index is 8.63. The zero-order chi connectivity index (χ0) is 22.0. The number of nitrogens with zero attached hydrogens (tertiary/aromatic N) is 3. The fourth-order valence-corrected chi connectivity index (χ4v) is 3.58. The summed E-state index contributed by atoms with van der Waals surface area (Å²) in [7, 11) is 0. The molecule has 0 saturated carbocycles. The molecule has 0 fully saturated rings. The van der Waals surface area contributed by atoms with Crippen molar-refractivity contribution in [1.82, 2.24) is 19.5 Å². The summed E-state index contributed by atoms with van der Waals surface area (Å²) in [6.45, 7) is 6.52. The summed E-state index contributed by atoms with van der Waals surface area (Å²) in [5.74, 6) is 0.803. The quantitative estimate of drug-likeness (QED) is 0.279. The van der Waals surface area contributed by atoms with Gasteiger partial charge < -0.3 is 10.3 Å². The van der Waals surface area contributed by atoms with Gasteiger partial charge in [0.05, 0.1) is 5.69 Å². The van der Waals surface area contributed by atoms with E-state index in [9.17, 15) is 0 Å². The highest BCUT2D eigenvalue weighted by Crippen LogP contribution is 2.19. The first-order valence-electron chi connectivity index (χ1n) is 10.4. The summed E-state index contributed by atoms with van der Waals surface area (Å²) in [6, 6.07) is 10.2. The van der Waals surface area contributed by atoms with Crippen LogP contribution in [0.3, 0.4) is 0 Å². The number of nitrogens with one attached hydrogen (secondary N) is 4. The lowest BCUT2D eigenvalue weighted by Crippen LogP contribution is -2.32. The lowest BCUT2D eigenvalue weighted by Gasteiger charge is -2.16. The standard InChI is InChI=1S/C24H27N7/c1-15(2)22(25)31-14-21(18-10-16(3)11-27-12-18)30-24(23(31)26)28-9-8-17-13-29-20-7-5-4-6-19(17)20/h4-7,10-15,25-26,29H,8-9H2,1-3H3,(H,28,30). The number of benzene rings is 1. The maximum absolute atomic E-state index is 8.63. The van der Waals surface area contributed by atoms with Crippen LogP contribution in [0.25, 0.3) is 22.2 Å². The Bertz CT molecular complexity index is 1300. The lowest BCUT2D eigenvalue weighted by molar-refractivity contribution is 0.793. The summed E-state index contributed by atoms with van der Waals surface area (Å²) in [5.41, 5.74) is 5.11. The molecule has 3 heterocycles. The molecule has 0 radical (unpaired) electrons. The van der Waals surface area contributed by atoms with Crippen molar-refractivity contribution in [2.75, 3.05) is 11.9 Å². The number of pyridine rings is 1. The predicted molar refractivity (Wildman–Crippen MR) is 125 cm³/mol. The summed E-state index contributed by atoms with van der Waals surface area (Å²) in [5, 5.41) is 21.6. The molecule has 0 amide bonds. The van der Waals surface area contributed by atoms with Gasteiger partial charge in [-0.05, 0) is 36.6 Å². The molecule has 0 spiro atoms. The van der Waals surface area contributed by atoms with E-state index >= 15 is 0 Å². The molecule has 0 bridgehead atoms. The summed E-state index contributed by atoms with van der Waals surface area (Å²) >= 11 is 0. The van der Waals surface area contributed by atoms with Crippen LogP contribution in [0.4, 0.5) is 5.82 Å². The van der Waals surface area contributed by atoms with Crippen LogP contribution in [0.1, 0.15) is 25.0 Å². The molecule has 158 valence electrons. The van der Waals surface area contributed by atoms with Crippen molar-refractivity contribution in [3.05, 3.63) is 71.7 Å². The van der Waals surface area contributed by atoms with Gasteiger partial charge >= 0.3 is 0 Å². The lowest BCUT2D eigenvalue weighted by atomic mass is 10.1. The number of aryl methyl sites for hydroxylation is 1. The van der Waals surface area contributed by atoms with Crippen LogP contribution in [0, 0.1) is 23.7 Å². The minimum atomic E-state index is -0.0148. The largest absolute Gasteiger partial charge is 0.367 e. The monoisotopic (exact) mass is 413 g/mol. The second kappa shape index (κ2) is 8.55. The Labute approximate surface area is 181 Å². The van der Waals surface area contributed by atoms with Gasteiger partial charge in [0.1, 0.15) is 5.84 Å². The molecule has 4 aromatic rings. The van der Waals surface area contributed by atoms with E-state index in [4.69, 9.17) is 15.8 Å². The zero-order valence-corrected chi connectivity index (χ0v) is 18.0. The number of H-pyrrole nitrogens is 1. The molecule has 0 aliphatic heterocycles. The van der Waals surface area contributed by atoms with Crippen molar-refractivity contribution < 1.29 is 0 Å². The molecule has 31 heavy (non-hydrogen) atoms. The molecule has 7 nitrogen and oxygen atoms in total. The fraction of sp³-hybridized carbons (Fsp3) is 0.250. The normalized spacial score (nSPS) is 11.2. The molecule has 0 saturated heterocycles.